The van der Waals surface area contributed by atoms with Crippen LogP contribution in [0.25, 0.3) is 10.9 Å². The minimum atomic E-state index is -0.0905. The first-order chi connectivity index (χ1) is 13.6. The molecule has 1 unspecified atom stereocenters. The molecule has 7 nitrogen and oxygen atoms in total. The number of nitrogens with zero attached hydrogens (tertiary/aromatic N) is 2. The minimum Gasteiger partial charge on any atom is -0.508 e. The molecule has 1 aliphatic heterocycles. The molecule has 0 spiro atoms. The lowest BCUT2D eigenvalue weighted by Gasteiger charge is -2.24. The third-order valence-corrected chi connectivity index (χ3v) is 4.85. The van der Waals surface area contributed by atoms with E-state index in [0.29, 0.717) is 45.5 Å². The lowest BCUT2D eigenvalue weighted by Crippen LogP contribution is -2.28. The molecule has 0 radical (unpaired) electrons. The van der Waals surface area contributed by atoms with Crippen molar-refractivity contribution in [2.24, 2.45) is 0 Å². The quantitative estimate of drug-likeness (QED) is 0.659. The van der Waals surface area contributed by atoms with Crippen LogP contribution in [0.2, 0.25) is 5.02 Å². The Hall–Kier alpha value is -2.77. The first-order valence-corrected chi connectivity index (χ1v) is 9.34. The molecule has 0 bridgehead atoms. The van der Waals surface area contributed by atoms with Gasteiger partial charge in [0.2, 0.25) is 0 Å². The molecule has 2 aromatic carbocycles. The fourth-order valence-corrected chi connectivity index (χ4v) is 3.33. The molecule has 146 valence electrons. The summed E-state index contributed by atoms with van der Waals surface area (Å²) in [6.07, 6.45) is 3.15. The largest absolute Gasteiger partial charge is 0.508 e. The summed E-state index contributed by atoms with van der Waals surface area (Å²) >= 11 is 6.33. The van der Waals surface area contributed by atoms with E-state index in [4.69, 9.17) is 25.8 Å². The van der Waals surface area contributed by atoms with E-state index in [9.17, 15) is 5.11 Å². The van der Waals surface area contributed by atoms with Gasteiger partial charge in [0, 0.05) is 24.8 Å². The summed E-state index contributed by atoms with van der Waals surface area (Å²) in [5, 5.41) is 14.5. The summed E-state index contributed by atoms with van der Waals surface area (Å²) < 4.78 is 16.9. The van der Waals surface area contributed by atoms with Crippen LogP contribution >= 0.6 is 11.6 Å². The van der Waals surface area contributed by atoms with Gasteiger partial charge < -0.3 is 24.6 Å². The van der Waals surface area contributed by atoms with Gasteiger partial charge in [-0.3, -0.25) is 0 Å². The number of nitrogens with one attached hydrogen (secondary N) is 1. The molecule has 4 rings (SSSR count). The number of ether oxygens (including phenoxy) is 3. The number of fused-ring (bicyclic) bond motifs is 1. The predicted molar refractivity (Wildman–Crippen MR) is 107 cm³/mol. The molecule has 1 atom stereocenters. The summed E-state index contributed by atoms with van der Waals surface area (Å²) in [7, 11) is 1.59. The number of phenolic OH excluding ortho intramolecular Hbond substituents is 1. The van der Waals surface area contributed by atoms with Gasteiger partial charge in [-0.1, -0.05) is 11.6 Å². The average Bonchev–Trinajstić information content (AvgIpc) is 2.70. The van der Waals surface area contributed by atoms with E-state index >= 15 is 0 Å². The van der Waals surface area contributed by atoms with Crippen molar-refractivity contribution in [3.05, 3.63) is 41.7 Å². The fraction of sp³-hybridized carbons (Fsp3) is 0.300. The fourth-order valence-electron chi connectivity index (χ4n) is 3.17. The normalized spacial score (nSPS) is 16.7. The van der Waals surface area contributed by atoms with Gasteiger partial charge in [0.1, 0.15) is 35.5 Å². The van der Waals surface area contributed by atoms with Crippen molar-refractivity contribution in [1.82, 2.24) is 9.97 Å². The van der Waals surface area contributed by atoms with Crippen molar-refractivity contribution in [2.45, 2.75) is 18.9 Å². The van der Waals surface area contributed by atoms with Crippen LogP contribution in [-0.2, 0) is 4.74 Å². The second-order valence-corrected chi connectivity index (χ2v) is 6.90. The van der Waals surface area contributed by atoms with Crippen LogP contribution in [0.1, 0.15) is 12.8 Å². The van der Waals surface area contributed by atoms with E-state index in [1.165, 1.54) is 6.33 Å². The summed E-state index contributed by atoms with van der Waals surface area (Å²) in [4.78, 5) is 8.64. The molecule has 1 aromatic heterocycles. The number of rotatable bonds is 5. The van der Waals surface area contributed by atoms with Crippen molar-refractivity contribution in [2.75, 3.05) is 25.6 Å². The first kappa shape index (κ1) is 18.6. The van der Waals surface area contributed by atoms with Crippen molar-refractivity contribution in [3.63, 3.8) is 0 Å². The standard InChI is InChI=1S/C20H20ClN3O4/c1-26-13-4-5-15(21)16(9-13)24-20-19-17(22-11-23-20)7-12(25)8-18(19)28-14-3-2-6-27-10-14/h4-5,7-9,11,14,25H,2-3,6,10H2,1H3,(H,22,23,24). The third kappa shape index (κ3) is 3.90. The SMILES string of the molecule is COc1ccc(Cl)c(Nc2ncnc3cc(O)cc(OC4CCCOC4)c23)c1. The molecule has 2 N–H and O–H groups in total. The molecular weight excluding hydrogens is 382 g/mol. The molecule has 0 amide bonds. The van der Waals surface area contributed by atoms with E-state index in [-0.39, 0.29) is 11.9 Å². The lowest BCUT2D eigenvalue weighted by atomic mass is 10.1. The van der Waals surface area contributed by atoms with Gasteiger partial charge in [0.15, 0.2) is 0 Å². The number of phenols is 1. The van der Waals surface area contributed by atoms with Crippen molar-refractivity contribution < 1.29 is 19.3 Å². The summed E-state index contributed by atoms with van der Waals surface area (Å²) in [5.74, 6) is 1.75. The molecular formula is C20H20ClN3O4. The molecule has 0 saturated carbocycles. The number of hydrogen-bond donors (Lipinski definition) is 2. The van der Waals surface area contributed by atoms with Crippen LogP contribution in [-0.4, -0.2) is 41.5 Å². The molecule has 8 heteroatoms. The van der Waals surface area contributed by atoms with Gasteiger partial charge in [-0.25, -0.2) is 9.97 Å². The number of hydrogen-bond acceptors (Lipinski definition) is 7. The first-order valence-electron chi connectivity index (χ1n) is 8.96. The second kappa shape index (κ2) is 8.08. The van der Waals surface area contributed by atoms with Crippen LogP contribution in [0.15, 0.2) is 36.7 Å². The van der Waals surface area contributed by atoms with Gasteiger partial charge in [0.05, 0.1) is 35.3 Å². The Morgan fingerprint density at radius 2 is 2.14 bits per heavy atom. The van der Waals surface area contributed by atoms with Crippen LogP contribution in [0.4, 0.5) is 11.5 Å². The molecule has 1 saturated heterocycles. The number of methoxy groups -OCH3 is 1. The zero-order valence-corrected chi connectivity index (χ0v) is 16.1. The zero-order valence-electron chi connectivity index (χ0n) is 15.3. The highest BCUT2D eigenvalue weighted by molar-refractivity contribution is 6.33. The maximum Gasteiger partial charge on any atom is 0.145 e. The monoisotopic (exact) mass is 401 g/mol. The Labute approximate surface area is 167 Å². The highest BCUT2D eigenvalue weighted by atomic mass is 35.5. The summed E-state index contributed by atoms with van der Waals surface area (Å²) in [6.45, 7) is 1.25. The Kier molecular flexibility index (Phi) is 5.36. The summed E-state index contributed by atoms with van der Waals surface area (Å²) in [5.41, 5.74) is 1.20. The van der Waals surface area contributed by atoms with Gasteiger partial charge in [-0.15, -0.1) is 0 Å². The Morgan fingerprint density at radius 3 is 2.93 bits per heavy atom. The van der Waals surface area contributed by atoms with Gasteiger partial charge in [0.25, 0.3) is 0 Å². The average molecular weight is 402 g/mol. The molecule has 0 aliphatic carbocycles. The Balaban J connectivity index is 1.76. The zero-order chi connectivity index (χ0) is 19.5. The molecule has 28 heavy (non-hydrogen) atoms. The van der Waals surface area contributed by atoms with E-state index in [0.717, 1.165) is 19.4 Å². The van der Waals surface area contributed by atoms with Crippen LogP contribution in [0, 0.1) is 0 Å². The molecule has 3 aromatic rings. The van der Waals surface area contributed by atoms with Crippen LogP contribution < -0.4 is 14.8 Å². The van der Waals surface area contributed by atoms with Gasteiger partial charge in [-0.2, -0.15) is 0 Å². The summed E-state index contributed by atoms with van der Waals surface area (Å²) in [6, 6.07) is 8.44. The number of aromatic nitrogens is 2. The van der Waals surface area contributed by atoms with E-state index in [2.05, 4.69) is 15.3 Å². The molecule has 1 fully saturated rings. The Morgan fingerprint density at radius 1 is 1.25 bits per heavy atom. The number of aromatic hydroxyl groups is 1. The van der Waals surface area contributed by atoms with Crippen LogP contribution in [0.5, 0.6) is 17.2 Å². The smallest absolute Gasteiger partial charge is 0.145 e. The maximum absolute atomic E-state index is 10.1. The van der Waals surface area contributed by atoms with Crippen molar-refractivity contribution in [1.29, 1.82) is 0 Å². The van der Waals surface area contributed by atoms with Crippen molar-refractivity contribution >= 4 is 34.0 Å². The Bertz CT molecular complexity index is 993. The lowest BCUT2D eigenvalue weighted by molar-refractivity contribution is 0.00802. The number of benzene rings is 2. The minimum absolute atomic E-state index is 0.0725. The van der Waals surface area contributed by atoms with Crippen molar-refractivity contribution in [3.8, 4) is 17.2 Å². The van der Waals surface area contributed by atoms with Crippen LogP contribution in [0.3, 0.4) is 0 Å². The predicted octanol–water partition coefficient (Wildman–Crippen LogP) is 4.30. The van der Waals surface area contributed by atoms with E-state index in [1.54, 1.807) is 37.4 Å². The molecule has 2 heterocycles. The third-order valence-electron chi connectivity index (χ3n) is 4.53. The van der Waals surface area contributed by atoms with Gasteiger partial charge in [-0.05, 0) is 25.0 Å². The van der Waals surface area contributed by atoms with E-state index in [1.807, 2.05) is 0 Å². The number of anilines is 2. The highest BCUT2D eigenvalue weighted by Gasteiger charge is 2.20. The number of halogens is 1. The second-order valence-electron chi connectivity index (χ2n) is 6.49. The molecule has 1 aliphatic rings. The van der Waals surface area contributed by atoms with Gasteiger partial charge >= 0.3 is 0 Å². The topological polar surface area (TPSA) is 85.7 Å². The maximum atomic E-state index is 10.1. The van der Waals surface area contributed by atoms with E-state index < -0.39 is 0 Å². The highest BCUT2D eigenvalue weighted by Crippen LogP contribution is 2.37.